The van der Waals surface area contributed by atoms with Crippen molar-refractivity contribution in [2.75, 3.05) is 6.54 Å². The fourth-order valence-corrected chi connectivity index (χ4v) is 2.31. The predicted molar refractivity (Wildman–Crippen MR) is 87.2 cm³/mol. The third-order valence-electron chi connectivity index (χ3n) is 3.48. The molecule has 0 saturated carbocycles. The minimum atomic E-state index is -0.453. The average molecular weight is 291 g/mol. The van der Waals surface area contributed by atoms with Crippen molar-refractivity contribution in [3.05, 3.63) is 35.4 Å². The van der Waals surface area contributed by atoms with Gasteiger partial charge in [-0.2, -0.15) is 0 Å². The summed E-state index contributed by atoms with van der Waals surface area (Å²) in [7, 11) is 0. The molecular formula is C18H29NO2. The molecule has 1 rings (SSSR count). The molecule has 1 atom stereocenters. The van der Waals surface area contributed by atoms with Gasteiger partial charge in [0.15, 0.2) is 0 Å². The molecule has 1 aromatic carbocycles. The molecule has 0 aliphatic carbocycles. The van der Waals surface area contributed by atoms with Gasteiger partial charge in [-0.1, -0.05) is 51.5 Å². The smallest absolute Gasteiger partial charge is 0.224 e. The first-order valence-corrected chi connectivity index (χ1v) is 8.03. The maximum atomic E-state index is 11.8. The lowest BCUT2D eigenvalue weighted by Gasteiger charge is -2.14. The highest BCUT2D eigenvalue weighted by Gasteiger charge is 2.09. The number of nitrogens with one attached hydrogen (secondary N) is 1. The van der Waals surface area contributed by atoms with E-state index in [4.69, 9.17) is 0 Å². The number of aryl methyl sites for hydroxylation is 1. The molecule has 0 heterocycles. The second-order valence-corrected chi connectivity index (χ2v) is 6.18. The van der Waals surface area contributed by atoms with E-state index in [1.807, 2.05) is 12.1 Å². The molecule has 3 heteroatoms. The van der Waals surface area contributed by atoms with Crippen LogP contribution < -0.4 is 5.32 Å². The van der Waals surface area contributed by atoms with Crippen LogP contribution in [0.3, 0.4) is 0 Å². The molecule has 118 valence electrons. The van der Waals surface area contributed by atoms with Crippen LogP contribution >= 0.6 is 0 Å². The van der Waals surface area contributed by atoms with Crippen LogP contribution in [0.25, 0.3) is 0 Å². The summed E-state index contributed by atoms with van der Waals surface area (Å²) in [6, 6.07) is 8.25. The van der Waals surface area contributed by atoms with Crippen molar-refractivity contribution in [3.63, 3.8) is 0 Å². The average Bonchev–Trinajstić information content (AvgIpc) is 2.44. The first kappa shape index (κ1) is 17.7. The maximum absolute atomic E-state index is 11.8. The summed E-state index contributed by atoms with van der Waals surface area (Å²) < 4.78 is 0. The monoisotopic (exact) mass is 291 g/mol. The number of hydrogen-bond donors (Lipinski definition) is 2. The van der Waals surface area contributed by atoms with E-state index in [2.05, 4.69) is 38.2 Å². The quantitative estimate of drug-likeness (QED) is 0.734. The van der Waals surface area contributed by atoms with Crippen molar-refractivity contribution in [1.29, 1.82) is 0 Å². The summed E-state index contributed by atoms with van der Waals surface area (Å²) in [4.78, 5) is 11.8. The lowest BCUT2D eigenvalue weighted by atomic mass is 10.0. The molecule has 0 radical (unpaired) electrons. The zero-order chi connectivity index (χ0) is 15.7. The van der Waals surface area contributed by atoms with Gasteiger partial charge >= 0.3 is 0 Å². The lowest BCUT2D eigenvalue weighted by Crippen LogP contribution is -2.33. The number of aliphatic hydroxyl groups excluding tert-OH is 1. The van der Waals surface area contributed by atoms with Gasteiger partial charge in [0.1, 0.15) is 0 Å². The van der Waals surface area contributed by atoms with Gasteiger partial charge in [0.2, 0.25) is 5.91 Å². The first-order chi connectivity index (χ1) is 10.0. The van der Waals surface area contributed by atoms with E-state index < -0.39 is 6.10 Å². The summed E-state index contributed by atoms with van der Waals surface area (Å²) in [5.41, 5.74) is 2.35. The number of rotatable bonds is 9. The van der Waals surface area contributed by atoms with Gasteiger partial charge in [-0.25, -0.2) is 0 Å². The Morgan fingerprint density at radius 3 is 2.38 bits per heavy atom. The van der Waals surface area contributed by atoms with Crippen LogP contribution in [0.1, 0.15) is 51.2 Å². The summed E-state index contributed by atoms with van der Waals surface area (Å²) in [6.45, 7) is 6.65. The Bertz CT molecular complexity index is 412. The molecular weight excluding hydrogens is 262 g/mol. The number of benzene rings is 1. The molecule has 1 aromatic rings. The Morgan fingerprint density at radius 1 is 1.19 bits per heavy atom. The highest BCUT2D eigenvalue weighted by molar-refractivity contribution is 5.78. The SMILES string of the molecule is CCCCc1ccc(CC(=O)NCC(O)CC(C)C)cc1. The Labute approximate surface area is 128 Å². The minimum absolute atomic E-state index is 0.0286. The second kappa shape index (κ2) is 9.56. The normalized spacial score (nSPS) is 12.4. The Kier molecular flexibility index (Phi) is 8.06. The number of carbonyl (C=O) groups excluding carboxylic acids is 1. The first-order valence-electron chi connectivity index (χ1n) is 8.03. The summed E-state index contributed by atoms with van der Waals surface area (Å²) in [5, 5.41) is 12.5. The summed E-state index contributed by atoms with van der Waals surface area (Å²) >= 11 is 0. The van der Waals surface area contributed by atoms with E-state index in [0.717, 1.165) is 12.0 Å². The second-order valence-electron chi connectivity index (χ2n) is 6.18. The number of carbonyl (C=O) groups is 1. The standard InChI is InChI=1S/C18H29NO2/c1-4-5-6-15-7-9-16(10-8-15)12-18(21)19-13-17(20)11-14(2)3/h7-10,14,17,20H,4-6,11-13H2,1-3H3,(H,19,21). The van der Waals surface area contributed by atoms with E-state index >= 15 is 0 Å². The highest BCUT2D eigenvalue weighted by atomic mass is 16.3. The molecule has 0 bridgehead atoms. The van der Waals surface area contributed by atoms with E-state index in [1.165, 1.54) is 18.4 Å². The molecule has 3 nitrogen and oxygen atoms in total. The van der Waals surface area contributed by atoms with Crippen LogP contribution in [0, 0.1) is 5.92 Å². The highest BCUT2D eigenvalue weighted by Crippen LogP contribution is 2.09. The molecule has 21 heavy (non-hydrogen) atoms. The zero-order valence-corrected chi connectivity index (χ0v) is 13.6. The van der Waals surface area contributed by atoms with Gasteiger partial charge in [0.25, 0.3) is 0 Å². The zero-order valence-electron chi connectivity index (χ0n) is 13.6. The molecule has 2 N–H and O–H groups in total. The molecule has 0 aliphatic rings. The summed E-state index contributed by atoms with van der Waals surface area (Å²) in [5.74, 6) is 0.409. The number of hydrogen-bond acceptors (Lipinski definition) is 2. The predicted octanol–water partition coefficient (Wildman–Crippen LogP) is 3.09. The van der Waals surface area contributed by atoms with Crippen LogP contribution in [0.4, 0.5) is 0 Å². The number of unbranched alkanes of at least 4 members (excludes halogenated alkanes) is 1. The van der Waals surface area contributed by atoms with Gasteiger partial charge in [0.05, 0.1) is 12.5 Å². The van der Waals surface area contributed by atoms with Crippen LogP contribution in [0.15, 0.2) is 24.3 Å². The topological polar surface area (TPSA) is 49.3 Å². The minimum Gasteiger partial charge on any atom is -0.391 e. The van der Waals surface area contributed by atoms with Gasteiger partial charge in [-0.05, 0) is 36.3 Å². The Hall–Kier alpha value is -1.35. The van der Waals surface area contributed by atoms with E-state index in [-0.39, 0.29) is 5.91 Å². The number of aliphatic hydroxyl groups is 1. The van der Waals surface area contributed by atoms with Crippen molar-refractivity contribution >= 4 is 5.91 Å². The van der Waals surface area contributed by atoms with Crippen LogP contribution in [0.5, 0.6) is 0 Å². The fourth-order valence-electron chi connectivity index (χ4n) is 2.31. The Balaban J connectivity index is 2.34. The third kappa shape index (κ3) is 7.86. The van der Waals surface area contributed by atoms with Crippen LogP contribution in [0.2, 0.25) is 0 Å². The van der Waals surface area contributed by atoms with Crippen molar-refractivity contribution in [3.8, 4) is 0 Å². The van der Waals surface area contributed by atoms with Crippen molar-refractivity contribution < 1.29 is 9.90 Å². The van der Waals surface area contributed by atoms with Crippen LogP contribution in [-0.2, 0) is 17.6 Å². The van der Waals surface area contributed by atoms with E-state index in [9.17, 15) is 9.90 Å². The van der Waals surface area contributed by atoms with Gasteiger partial charge in [0, 0.05) is 6.54 Å². The molecule has 0 aliphatic heterocycles. The molecule has 0 spiro atoms. The van der Waals surface area contributed by atoms with Gasteiger partial charge in [-0.15, -0.1) is 0 Å². The lowest BCUT2D eigenvalue weighted by molar-refractivity contribution is -0.120. The molecule has 0 saturated heterocycles. The molecule has 1 amide bonds. The van der Waals surface area contributed by atoms with Crippen molar-refractivity contribution in [2.24, 2.45) is 5.92 Å². The van der Waals surface area contributed by atoms with Crippen molar-refractivity contribution in [1.82, 2.24) is 5.32 Å². The Morgan fingerprint density at radius 2 is 1.81 bits per heavy atom. The van der Waals surface area contributed by atoms with E-state index in [0.29, 0.717) is 25.3 Å². The van der Waals surface area contributed by atoms with E-state index in [1.54, 1.807) is 0 Å². The fraction of sp³-hybridized carbons (Fsp3) is 0.611. The number of amides is 1. The van der Waals surface area contributed by atoms with Gasteiger partial charge in [-0.3, -0.25) is 4.79 Å². The maximum Gasteiger partial charge on any atom is 0.224 e. The molecule has 0 aromatic heterocycles. The third-order valence-corrected chi connectivity index (χ3v) is 3.48. The van der Waals surface area contributed by atoms with Crippen LogP contribution in [-0.4, -0.2) is 23.7 Å². The van der Waals surface area contributed by atoms with Crippen molar-refractivity contribution in [2.45, 2.75) is 59.0 Å². The largest absolute Gasteiger partial charge is 0.391 e. The molecule has 0 fully saturated rings. The van der Waals surface area contributed by atoms with Gasteiger partial charge < -0.3 is 10.4 Å². The summed E-state index contributed by atoms with van der Waals surface area (Å²) in [6.07, 6.45) is 4.14. The molecule has 1 unspecified atom stereocenters.